The summed E-state index contributed by atoms with van der Waals surface area (Å²) in [4.78, 5) is 6.19. The molecule has 3 rings (SSSR count). The Hall–Kier alpha value is -0.990. The van der Waals surface area contributed by atoms with Crippen LogP contribution in [-0.4, -0.2) is 29.5 Å². The lowest BCUT2D eigenvalue weighted by Gasteiger charge is -2.28. The van der Waals surface area contributed by atoms with Crippen LogP contribution in [-0.2, 0) is 6.42 Å². The fourth-order valence-corrected chi connectivity index (χ4v) is 3.68. The maximum Gasteiger partial charge on any atom is 0.0460 e. The molecule has 1 unspecified atom stereocenters. The standard InChI is InChI=1S/C17H23ClN2/c1-3-20(4-2)11-12-6-5-7-14-15-10-13(18)8-9-16(15)19-17(12)14/h8-10,12,19H,3-7,11H2,1-2H3. The van der Waals surface area contributed by atoms with Crippen molar-refractivity contribution in [3.8, 4) is 0 Å². The number of nitrogens with one attached hydrogen (secondary N) is 1. The van der Waals surface area contributed by atoms with Crippen LogP contribution in [0.1, 0.15) is 43.9 Å². The van der Waals surface area contributed by atoms with Gasteiger partial charge in [0.1, 0.15) is 0 Å². The van der Waals surface area contributed by atoms with Crippen molar-refractivity contribution in [2.24, 2.45) is 0 Å². The summed E-state index contributed by atoms with van der Waals surface area (Å²) < 4.78 is 0. The van der Waals surface area contributed by atoms with Crippen LogP contribution in [0.3, 0.4) is 0 Å². The van der Waals surface area contributed by atoms with Gasteiger partial charge in [-0.05, 0) is 56.1 Å². The molecule has 1 aliphatic rings. The maximum absolute atomic E-state index is 6.16. The van der Waals surface area contributed by atoms with E-state index in [4.69, 9.17) is 11.6 Å². The third-order valence-corrected chi connectivity index (χ3v) is 4.90. The van der Waals surface area contributed by atoms with Crippen molar-refractivity contribution in [3.63, 3.8) is 0 Å². The highest BCUT2D eigenvalue weighted by atomic mass is 35.5. The predicted molar refractivity (Wildman–Crippen MR) is 86.8 cm³/mol. The number of aromatic nitrogens is 1. The number of nitrogens with zero attached hydrogens (tertiary/aromatic N) is 1. The first-order chi connectivity index (χ1) is 9.72. The van der Waals surface area contributed by atoms with Gasteiger partial charge in [-0.1, -0.05) is 25.4 Å². The van der Waals surface area contributed by atoms with Crippen LogP contribution in [0.2, 0.25) is 5.02 Å². The van der Waals surface area contributed by atoms with E-state index in [9.17, 15) is 0 Å². The van der Waals surface area contributed by atoms with Crippen molar-refractivity contribution in [2.45, 2.75) is 39.0 Å². The van der Waals surface area contributed by atoms with Crippen LogP contribution in [0.4, 0.5) is 0 Å². The second-order valence-corrected chi connectivity index (χ2v) is 6.22. The molecule has 1 aromatic carbocycles. The number of benzene rings is 1. The molecule has 0 radical (unpaired) electrons. The summed E-state index contributed by atoms with van der Waals surface area (Å²) in [5.41, 5.74) is 4.21. The molecular weight excluding hydrogens is 268 g/mol. The van der Waals surface area contributed by atoms with Gasteiger partial charge in [0.15, 0.2) is 0 Å². The normalized spacial score (nSPS) is 18.7. The van der Waals surface area contributed by atoms with E-state index in [1.54, 1.807) is 0 Å². The second kappa shape index (κ2) is 5.79. The minimum Gasteiger partial charge on any atom is -0.358 e. The van der Waals surface area contributed by atoms with E-state index in [0.717, 1.165) is 18.1 Å². The molecule has 20 heavy (non-hydrogen) atoms. The fraction of sp³-hybridized carbons (Fsp3) is 0.529. The summed E-state index contributed by atoms with van der Waals surface area (Å²) in [5, 5.41) is 2.17. The molecule has 1 aliphatic carbocycles. The van der Waals surface area contributed by atoms with Crippen molar-refractivity contribution in [1.82, 2.24) is 9.88 Å². The highest BCUT2D eigenvalue weighted by Crippen LogP contribution is 2.37. The average Bonchev–Trinajstić information content (AvgIpc) is 2.83. The number of rotatable bonds is 4. The molecular formula is C17H23ClN2. The molecule has 108 valence electrons. The average molecular weight is 291 g/mol. The molecule has 3 heteroatoms. The van der Waals surface area contributed by atoms with Gasteiger partial charge in [-0.25, -0.2) is 0 Å². The second-order valence-electron chi connectivity index (χ2n) is 5.78. The third-order valence-electron chi connectivity index (χ3n) is 4.66. The van der Waals surface area contributed by atoms with Gasteiger partial charge in [0.05, 0.1) is 0 Å². The first-order valence-electron chi connectivity index (χ1n) is 7.75. The Kier molecular flexibility index (Phi) is 4.04. The predicted octanol–water partition coefficient (Wildman–Crippen LogP) is 4.58. The van der Waals surface area contributed by atoms with Crippen LogP contribution in [0.5, 0.6) is 0 Å². The van der Waals surface area contributed by atoms with Crippen molar-refractivity contribution in [1.29, 1.82) is 0 Å². The summed E-state index contributed by atoms with van der Waals surface area (Å²) in [6.07, 6.45) is 3.77. The first-order valence-corrected chi connectivity index (χ1v) is 8.13. The molecule has 0 saturated heterocycles. The third kappa shape index (κ3) is 2.47. The molecule has 0 spiro atoms. The van der Waals surface area contributed by atoms with Crippen LogP contribution >= 0.6 is 11.6 Å². The molecule has 2 nitrogen and oxygen atoms in total. The van der Waals surface area contributed by atoms with E-state index >= 15 is 0 Å². The molecule has 2 aromatic rings. The number of fused-ring (bicyclic) bond motifs is 3. The van der Waals surface area contributed by atoms with Gasteiger partial charge in [-0.3, -0.25) is 0 Å². The van der Waals surface area contributed by atoms with Crippen molar-refractivity contribution >= 4 is 22.5 Å². The summed E-state index contributed by atoms with van der Waals surface area (Å²) in [6, 6.07) is 6.21. The van der Waals surface area contributed by atoms with Crippen LogP contribution in [0.25, 0.3) is 10.9 Å². The van der Waals surface area contributed by atoms with Crippen molar-refractivity contribution < 1.29 is 0 Å². The fourth-order valence-electron chi connectivity index (χ4n) is 3.50. The molecule has 1 heterocycles. The lowest BCUT2D eigenvalue weighted by Crippen LogP contribution is -2.29. The molecule has 0 amide bonds. The Labute approximate surface area is 126 Å². The summed E-state index contributed by atoms with van der Waals surface area (Å²) in [6.45, 7) is 7.93. The Morgan fingerprint density at radius 3 is 2.85 bits per heavy atom. The Bertz CT molecular complexity index is 598. The van der Waals surface area contributed by atoms with Crippen LogP contribution < -0.4 is 0 Å². The molecule has 1 atom stereocenters. The SMILES string of the molecule is CCN(CC)CC1CCCc2c1[nH]c1ccc(Cl)cc21. The highest BCUT2D eigenvalue weighted by molar-refractivity contribution is 6.31. The van der Waals surface area contributed by atoms with Gasteiger partial charge >= 0.3 is 0 Å². The van der Waals surface area contributed by atoms with Gasteiger partial charge in [0.25, 0.3) is 0 Å². The Morgan fingerprint density at radius 2 is 2.10 bits per heavy atom. The first kappa shape index (κ1) is 14.0. The molecule has 0 saturated carbocycles. The number of aryl methyl sites for hydroxylation is 1. The van der Waals surface area contributed by atoms with Crippen molar-refractivity contribution in [3.05, 3.63) is 34.5 Å². The molecule has 0 bridgehead atoms. The molecule has 1 N–H and O–H groups in total. The smallest absolute Gasteiger partial charge is 0.0460 e. The summed E-state index contributed by atoms with van der Waals surface area (Å²) in [5.74, 6) is 0.643. The highest BCUT2D eigenvalue weighted by Gasteiger charge is 2.25. The quantitative estimate of drug-likeness (QED) is 0.873. The number of hydrogen-bond acceptors (Lipinski definition) is 1. The van der Waals surface area contributed by atoms with E-state index in [1.165, 1.54) is 48.0 Å². The molecule has 0 fully saturated rings. The minimum atomic E-state index is 0.643. The zero-order chi connectivity index (χ0) is 14.1. The number of H-pyrrole nitrogens is 1. The number of hydrogen-bond donors (Lipinski definition) is 1. The number of halogens is 1. The van der Waals surface area contributed by atoms with E-state index in [1.807, 2.05) is 6.07 Å². The van der Waals surface area contributed by atoms with E-state index in [2.05, 4.69) is 35.9 Å². The monoisotopic (exact) mass is 290 g/mol. The summed E-state index contributed by atoms with van der Waals surface area (Å²) >= 11 is 6.16. The van der Waals surface area contributed by atoms with Crippen LogP contribution in [0.15, 0.2) is 18.2 Å². The van der Waals surface area contributed by atoms with Gasteiger partial charge in [-0.15, -0.1) is 0 Å². The topological polar surface area (TPSA) is 19.0 Å². The number of aromatic amines is 1. The lowest BCUT2D eigenvalue weighted by atomic mass is 9.86. The van der Waals surface area contributed by atoms with Gasteiger partial charge in [-0.2, -0.15) is 0 Å². The van der Waals surface area contributed by atoms with Gasteiger partial charge < -0.3 is 9.88 Å². The zero-order valence-corrected chi connectivity index (χ0v) is 13.1. The number of likely N-dealkylation sites (N-methyl/N-ethyl adjacent to an activating group) is 1. The van der Waals surface area contributed by atoms with Crippen LogP contribution in [0, 0.1) is 0 Å². The van der Waals surface area contributed by atoms with E-state index < -0.39 is 0 Å². The van der Waals surface area contributed by atoms with Gasteiger partial charge in [0.2, 0.25) is 0 Å². The summed E-state index contributed by atoms with van der Waals surface area (Å²) in [7, 11) is 0. The Morgan fingerprint density at radius 1 is 1.30 bits per heavy atom. The van der Waals surface area contributed by atoms with E-state index in [-0.39, 0.29) is 0 Å². The molecule has 1 aromatic heterocycles. The minimum absolute atomic E-state index is 0.643. The van der Waals surface area contributed by atoms with Crippen molar-refractivity contribution in [2.75, 3.05) is 19.6 Å². The molecule has 0 aliphatic heterocycles. The lowest BCUT2D eigenvalue weighted by molar-refractivity contribution is 0.271. The maximum atomic E-state index is 6.16. The van der Waals surface area contributed by atoms with E-state index in [0.29, 0.717) is 5.92 Å². The zero-order valence-electron chi connectivity index (χ0n) is 12.4. The largest absolute Gasteiger partial charge is 0.358 e. The Balaban J connectivity index is 1.98. The van der Waals surface area contributed by atoms with Gasteiger partial charge in [0, 0.05) is 34.1 Å².